The van der Waals surface area contributed by atoms with E-state index in [1.807, 2.05) is 0 Å². The van der Waals surface area contributed by atoms with Crippen LogP contribution in [0.25, 0.3) is 10.9 Å². The quantitative estimate of drug-likeness (QED) is 0.665. The molecule has 1 aromatic heterocycles. The molecule has 30 heavy (non-hydrogen) atoms. The van der Waals surface area contributed by atoms with E-state index in [1.54, 1.807) is 18.2 Å². The minimum atomic E-state index is -4.01. The Balaban J connectivity index is 1.57. The van der Waals surface area contributed by atoms with E-state index < -0.39 is 27.3 Å². The molecule has 0 bridgehead atoms. The van der Waals surface area contributed by atoms with Gasteiger partial charge in [-0.05, 0) is 30.3 Å². The SMILES string of the molecule is O=C(c1cc(=O)[nH]c2ccc(Cl)cc12)N1CCN(S(=O)(=O)c2ccccc2F)CC1. The van der Waals surface area contributed by atoms with Crippen LogP contribution in [-0.4, -0.2) is 54.7 Å². The van der Waals surface area contributed by atoms with Gasteiger partial charge in [0, 0.05) is 48.2 Å². The molecule has 1 saturated heterocycles. The highest BCUT2D eigenvalue weighted by Crippen LogP contribution is 2.24. The van der Waals surface area contributed by atoms with Gasteiger partial charge in [-0.1, -0.05) is 23.7 Å². The van der Waals surface area contributed by atoms with Crippen molar-refractivity contribution in [3.8, 4) is 0 Å². The number of amides is 1. The second kappa shape index (κ2) is 7.82. The summed E-state index contributed by atoms with van der Waals surface area (Å²) in [7, 11) is -4.01. The Morgan fingerprint density at radius 2 is 1.73 bits per heavy atom. The zero-order valence-electron chi connectivity index (χ0n) is 15.6. The number of H-pyrrole nitrogens is 1. The molecule has 4 rings (SSSR count). The number of halogens is 2. The van der Waals surface area contributed by atoms with E-state index in [9.17, 15) is 22.4 Å². The minimum absolute atomic E-state index is 0.0181. The normalized spacial score (nSPS) is 15.5. The highest BCUT2D eigenvalue weighted by atomic mass is 35.5. The van der Waals surface area contributed by atoms with E-state index in [-0.39, 0.29) is 36.6 Å². The van der Waals surface area contributed by atoms with Gasteiger partial charge in [-0.25, -0.2) is 12.8 Å². The summed E-state index contributed by atoms with van der Waals surface area (Å²) >= 11 is 6.04. The summed E-state index contributed by atoms with van der Waals surface area (Å²) in [5.41, 5.74) is 0.256. The van der Waals surface area contributed by atoms with Crippen molar-refractivity contribution in [2.45, 2.75) is 4.90 Å². The Morgan fingerprint density at radius 1 is 1.03 bits per heavy atom. The fraction of sp³-hybridized carbons (Fsp3) is 0.200. The average molecular weight is 450 g/mol. The largest absolute Gasteiger partial charge is 0.336 e. The molecule has 7 nitrogen and oxygen atoms in total. The number of fused-ring (bicyclic) bond motifs is 1. The molecule has 0 spiro atoms. The van der Waals surface area contributed by atoms with Crippen molar-refractivity contribution in [2.75, 3.05) is 26.2 Å². The van der Waals surface area contributed by atoms with Crippen LogP contribution in [0.3, 0.4) is 0 Å². The maximum absolute atomic E-state index is 14.0. The van der Waals surface area contributed by atoms with Crippen LogP contribution in [0, 0.1) is 5.82 Å². The van der Waals surface area contributed by atoms with Crippen molar-refractivity contribution in [2.24, 2.45) is 0 Å². The van der Waals surface area contributed by atoms with Crippen molar-refractivity contribution in [3.63, 3.8) is 0 Å². The number of aromatic nitrogens is 1. The van der Waals surface area contributed by atoms with Crippen LogP contribution >= 0.6 is 11.6 Å². The van der Waals surface area contributed by atoms with Gasteiger partial charge in [0.1, 0.15) is 10.7 Å². The van der Waals surface area contributed by atoms with E-state index in [4.69, 9.17) is 11.6 Å². The summed E-state index contributed by atoms with van der Waals surface area (Å²) in [4.78, 5) is 28.8. The number of nitrogens with zero attached hydrogens (tertiary/aromatic N) is 2. The third-order valence-corrected chi connectivity index (χ3v) is 7.18. The van der Waals surface area contributed by atoms with Crippen LogP contribution in [0.15, 0.2) is 58.2 Å². The number of hydrogen-bond donors (Lipinski definition) is 1. The number of pyridine rings is 1. The smallest absolute Gasteiger partial charge is 0.254 e. The van der Waals surface area contributed by atoms with Gasteiger partial charge in [0.2, 0.25) is 15.6 Å². The van der Waals surface area contributed by atoms with Crippen LogP contribution in [0.4, 0.5) is 4.39 Å². The molecule has 1 fully saturated rings. The molecule has 0 saturated carbocycles. The van der Waals surface area contributed by atoms with Crippen LogP contribution < -0.4 is 5.56 Å². The first-order valence-corrected chi connectivity index (χ1v) is 11.0. The van der Waals surface area contributed by atoms with Gasteiger partial charge in [0.15, 0.2) is 0 Å². The minimum Gasteiger partial charge on any atom is -0.336 e. The molecule has 0 unspecified atom stereocenters. The first kappa shape index (κ1) is 20.5. The van der Waals surface area contributed by atoms with Gasteiger partial charge >= 0.3 is 0 Å². The fourth-order valence-corrected chi connectivity index (χ4v) is 5.16. The Morgan fingerprint density at radius 3 is 2.43 bits per heavy atom. The number of rotatable bonds is 3. The first-order chi connectivity index (χ1) is 14.3. The fourth-order valence-electron chi connectivity index (χ4n) is 3.50. The molecule has 0 aliphatic carbocycles. The third kappa shape index (κ3) is 3.71. The number of carbonyl (C=O) groups excluding carboxylic acids is 1. The maximum Gasteiger partial charge on any atom is 0.254 e. The van der Waals surface area contributed by atoms with E-state index in [0.717, 1.165) is 10.4 Å². The van der Waals surface area contributed by atoms with E-state index in [2.05, 4.69) is 4.98 Å². The first-order valence-electron chi connectivity index (χ1n) is 9.14. The number of benzene rings is 2. The van der Waals surface area contributed by atoms with Gasteiger partial charge in [0.25, 0.3) is 5.91 Å². The van der Waals surface area contributed by atoms with E-state index >= 15 is 0 Å². The Bertz CT molecular complexity index is 1300. The van der Waals surface area contributed by atoms with Crippen LogP contribution in [0.2, 0.25) is 5.02 Å². The standard InChI is InChI=1S/C20H17ClFN3O4S/c21-13-5-6-17-14(11-13)15(12-19(26)23-17)20(27)24-7-9-25(10-8-24)30(28,29)18-4-2-1-3-16(18)22/h1-6,11-12H,7-10H2,(H,23,26). The molecule has 1 N–H and O–H groups in total. The molecule has 0 atom stereocenters. The van der Waals surface area contributed by atoms with Crippen LogP contribution in [0.1, 0.15) is 10.4 Å². The Labute approximate surface area is 176 Å². The van der Waals surface area contributed by atoms with Gasteiger partial charge < -0.3 is 9.88 Å². The predicted molar refractivity (Wildman–Crippen MR) is 111 cm³/mol. The summed E-state index contributed by atoms with van der Waals surface area (Å²) < 4.78 is 40.6. The molecule has 156 valence electrons. The molecule has 10 heteroatoms. The molecule has 1 amide bonds. The lowest BCUT2D eigenvalue weighted by Gasteiger charge is -2.34. The number of sulfonamides is 1. The topological polar surface area (TPSA) is 90.6 Å². The molecule has 2 heterocycles. The molecular formula is C20H17ClFN3O4S. The second-order valence-corrected chi connectivity index (χ2v) is 9.21. The lowest BCUT2D eigenvalue weighted by molar-refractivity contribution is 0.0699. The zero-order chi connectivity index (χ0) is 21.5. The third-order valence-electron chi connectivity index (χ3n) is 5.02. The van der Waals surface area contributed by atoms with Crippen molar-refractivity contribution < 1.29 is 17.6 Å². The summed E-state index contributed by atoms with van der Waals surface area (Å²) in [5, 5.41) is 0.929. The molecule has 1 aliphatic heterocycles. The Kier molecular flexibility index (Phi) is 5.35. The van der Waals surface area contributed by atoms with Gasteiger partial charge in [-0.15, -0.1) is 0 Å². The second-order valence-electron chi connectivity index (χ2n) is 6.86. The average Bonchev–Trinajstić information content (AvgIpc) is 2.73. The molecule has 3 aromatic rings. The summed E-state index contributed by atoms with van der Waals surface area (Å²) in [6.07, 6.45) is 0. The zero-order valence-corrected chi connectivity index (χ0v) is 17.2. The number of nitrogens with one attached hydrogen (secondary N) is 1. The van der Waals surface area contributed by atoms with Gasteiger partial charge in [-0.2, -0.15) is 4.31 Å². The van der Waals surface area contributed by atoms with Gasteiger partial charge in [-0.3, -0.25) is 9.59 Å². The number of piperazine rings is 1. The van der Waals surface area contributed by atoms with E-state index in [0.29, 0.717) is 15.9 Å². The van der Waals surface area contributed by atoms with Crippen LogP contribution in [-0.2, 0) is 10.0 Å². The van der Waals surface area contributed by atoms with Crippen molar-refractivity contribution in [1.29, 1.82) is 0 Å². The van der Waals surface area contributed by atoms with Crippen LogP contribution in [0.5, 0.6) is 0 Å². The van der Waals surface area contributed by atoms with Crippen molar-refractivity contribution >= 4 is 38.4 Å². The summed E-state index contributed by atoms with van der Waals surface area (Å²) in [6, 6.07) is 11.2. The summed E-state index contributed by atoms with van der Waals surface area (Å²) in [5.74, 6) is -1.21. The highest BCUT2D eigenvalue weighted by molar-refractivity contribution is 7.89. The lowest BCUT2D eigenvalue weighted by Crippen LogP contribution is -2.50. The maximum atomic E-state index is 14.0. The number of carbonyl (C=O) groups is 1. The van der Waals surface area contributed by atoms with Crippen molar-refractivity contribution in [1.82, 2.24) is 14.2 Å². The van der Waals surface area contributed by atoms with Crippen molar-refractivity contribution in [3.05, 3.63) is 75.3 Å². The molecule has 1 aliphatic rings. The van der Waals surface area contributed by atoms with Gasteiger partial charge in [0.05, 0.1) is 5.56 Å². The highest BCUT2D eigenvalue weighted by Gasteiger charge is 2.32. The lowest BCUT2D eigenvalue weighted by atomic mass is 10.1. The number of hydrogen-bond acceptors (Lipinski definition) is 4. The molecular weight excluding hydrogens is 433 g/mol. The number of aromatic amines is 1. The molecule has 0 radical (unpaired) electrons. The predicted octanol–water partition coefficient (Wildman–Crippen LogP) is 2.47. The summed E-state index contributed by atoms with van der Waals surface area (Å²) in [6.45, 7) is 0.261. The Hall–Kier alpha value is -2.75. The molecule has 2 aromatic carbocycles. The van der Waals surface area contributed by atoms with E-state index in [1.165, 1.54) is 29.2 Å². The monoisotopic (exact) mass is 449 g/mol.